The predicted octanol–water partition coefficient (Wildman–Crippen LogP) is 4.17. The summed E-state index contributed by atoms with van der Waals surface area (Å²) < 4.78 is 14.1. The molecule has 0 radical (unpaired) electrons. The van der Waals surface area contributed by atoms with Gasteiger partial charge in [-0.25, -0.2) is 4.39 Å². The topological polar surface area (TPSA) is 23.6 Å². The minimum atomic E-state index is -0.393. The van der Waals surface area contributed by atoms with Crippen LogP contribution in [0.4, 0.5) is 10.1 Å². The van der Waals surface area contributed by atoms with Crippen LogP contribution in [0.5, 0.6) is 0 Å². The Hall–Kier alpha value is -1.88. The first-order chi connectivity index (χ1) is 11.5. The van der Waals surface area contributed by atoms with Crippen molar-refractivity contribution >= 4 is 27.5 Å². The van der Waals surface area contributed by atoms with Crippen LogP contribution in [0, 0.1) is 19.7 Å². The van der Waals surface area contributed by atoms with Gasteiger partial charge in [-0.3, -0.25) is 4.79 Å². The number of piperazine rings is 1. The fraction of sp³-hybridized carbons (Fsp3) is 0.316. The molecule has 3 nitrogen and oxygen atoms in total. The van der Waals surface area contributed by atoms with Crippen LogP contribution in [0.15, 0.2) is 40.9 Å². The number of carbonyl (C=O) groups is 1. The Bertz CT molecular complexity index is 770. The maximum atomic E-state index is 13.4. The minimum absolute atomic E-state index is 0.123. The zero-order chi connectivity index (χ0) is 17.3. The van der Waals surface area contributed by atoms with Gasteiger partial charge < -0.3 is 9.80 Å². The van der Waals surface area contributed by atoms with E-state index in [4.69, 9.17) is 0 Å². The van der Waals surface area contributed by atoms with Crippen LogP contribution in [0.3, 0.4) is 0 Å². The molecule has 0 aromatic heterocycles. The Morgan fingerprint density at radius 1 is 1.08 bits per heavy atom. The molecule has 0 bridgehead atoms. The first-order valence-electron chi connectivity index (χ1n) is 8.03. The van der Waals surface area contributed by atoms with Crippen molar-refractivity contribution in [1.82, 2.24) is 4.90 Å². The molecule has 1 aliphatic rings. The lowest BCUT2D eigenvalue weighted by Crippen LogP contribution is -2.49. The highest BCUT2D eigenvalue weighted by molar-refractivity contribution is 9.10. The summed E-state index contributed by atoms with van der Waals surface area (Å²) >= 11 is 3.34. The van der Waals surface area contributed by atoms with Crippen LogP contribution in [0.1, 0.15) is 21.5 Å². The molecule has 3 rings (SSSR count). The first-order valence-corrected chi connectivity index (χ1v) is 8.82. The Kier molecular flexibility index (Phi) is 4.90. The molecule has 1 aliphatic heterocycles. The van der Waals surface area contributed by atoms with Crippen molar-refractivity contribution in [2.45, 2.75) is 13.8 Å². The highest BCUT2D eigenvalue weighted by atomic mass is 79.9. The first kappa shape index (κ1) is 17.0. The monoisotopic (exact) mass is 390 g/mol. The third-order valence-electron chi connectivity index (χ3n) is 4.64. The van der Waals surface area contributed by atoms with Crippen LogP contribution in [0.25, 0.3) is 0 Å². The molecule has 1 amide bonds. The Labute approximate surface area is 150 Å². The fourth-order valence-electron chi connectivity index (χ4n) is 3.06. The Balaban J connectivity index is 1.72. The fourth-order valence-corrected chi connectivity index (χ4v) is 3.48. The van der Waals surface area contributed by atoms with Crippen LogP contribution in [0.2, 0.25) is 0 Å². The number of halogens is 2. The van der Waals surface area contributed by atoms with E-state index in [-0.39, 0.29) is 5.91 Å². The van der Waals surface area contributed by atoms with E-state index in [9.17, 15) is 9.18 Å². The SMILES string of the molecule is Cc1cccc(N2CCN(C(=O)c3cc(F)ccc3Br)CC2)c1C. The van der Waals surface area contributed by atoms with E-state index in [0.29, 0.717) is 23.1 Å². The molecule has 0 atom stereocenters. The second-order valence-electron chi connectivity index (χ2n) is 6.12. The van der Waals surface area contributed by atoms with E-state index >= 15 is 0 Å². The van der Waals surface area contributed by atoms with Crippen molar-refractivity contribution in [2.24, 2.45) is 0 Å². The van der Waals surface area contributed by atoms with Gasteiger partial charge in [-0.05, 0) is 65.2 Å². The normalized spacial score (nSPS) is 14.8. The summed E-state index contributed by atoms with van der Waals surface area (Å²) in [4.78, 5) is 16.8. The maximum Gasteiger partial charge on any atom is 0.255 e. The van der Waals surface area contributed by atoms with E-state index < -0.39 is 5.82 Å². The number of hydrogen-bond acceptors (Lipinski definition) is 2. The summed E-state index contributed by atoms with van der Waals surface area (Å²) in [6.07, 6.45) is 0. The molecule has 0 N–H and O–H groups in total. The Morgan fingerprint density at radius 2 is 1.79 bits per heavy atom. The average Bonchev–Trinajstić information content (AvgIpc) is 2.59. The van der Waals surface area contributed by atoms with Crippen molar-refractivity contribution < 1.29 is 9.18 Å². The molecule has 1 fully saturated rings. The largest absolute Gasteiger partial charge is 0.368 e. The van der Waals surface area contributed by atoms with Gasteiger partial charge in [0, 0.05) is 36.3 Å². The van der Waals surface area contributed by atoms with Crippen LogP contribution in [-0.2, 0) is 0 Å². The number of carbonyl (C=O) groups excluding carboxylic acids is 1. The highest BCUT2D eigenvalue weighted by Gasteiger charge is 2.24. The van der Waals surface area contributed by atoms with E-state index in [1.54, 1.807) is 11.0 Å². The molecule has 1 heterocycles. The van der Waals surface area contributed by atoms with Crippen molar-refractivity contribution in [3.05, 3.63) is 63.4 Å². The lowest BCUT2D eigenvalue weighted by atomic mass is 10.1. The van der Waals surface area contributed by atoms with Gasteiger partial charge in [-0.1, -0.05) is 12.1 Å². The van der Waals surface area contributed by atoms with Gasteiger partial charge in [0.2, 0.25) is 0 Å². The summed E-state index contributed by atoms with van der Waals surface area (Å²) in [6, 6.07) is 10.5. The van der Waals surface area contributed by atoms with Gasteiger partial charge in [0.15, 0.2) is 0 Å². The summed E-state index contributed by atoms with van der Waals surface area (Å²) in [5.41, 5.74) is 4.17. The second kappa shape index (κ2) is 6.93. The van der Waals surface area contributed by atoms with Crippen molar-refractivity contribution in [1.29, 1.82) is 0 Å². The van der Waals surface area contributed by atoms with E-state index in [1.807, 2.05) is 0 Å². The van der Waals surface area contributed by atoms with Crippen molar-refractivity contribution in [3.8, 4) is 0 Å². The van der Waals surface area contributed by atoms with Gasteiger partial charge in [-0.15, -0.1) is 0 Å². The van der Waals surface area contributed by atoms with E-state index in [1.165, 1.54) is 28.9 Å². The molecule has 1 saturated heterocycles. The van der Waals surface area contributed by atoms with E-state index in [0.717, 1.165) is 13.1 Å². The number of hydrogen-bond donors (Lipinski definition) is 0. The lowest BCUT2D eigenvalue weighted by Gasteiger charge is -2.37. The molecular formula is C19H20BrFN2O. The molecule has 2 aromatic rings. The van der Waals surface area contributed by atoms with Gasteiger partial charge in [-0.2, -0.15) is 0 Å². The maximum absolute atomic E-state index is 13.4. The molecule has 126 valence electrons. The quantitative estimate of drug-likeness (QED) is 0.768. The third kappa shape index (κ3) is 3.31. The van der Waals surface area contributed by atoms with Gasteiger partial charge in [0.25, 0.3) is 5.91 Å². The molecule has 2 aromatic carbocycles. The van der Waals surface area contributed by atoms with Crippen LogP contribution >= 0.6 is 15.9 Å². The van der Waals surface area contributed by atoms with Crippen molar-refractivity contribution in [2.75, 3.05) is 31.1 Å². The Morgan fingerprint density at radius 3 is 2.50 bits per heavy atom. The molecule has 0 unspecified atom stereocenters. The third-order valence-corrected chi connectivity index (χ3v) is 5.33. The number of aryl methyl sites for hydroxylation is 1. The minimum Gasteiger partial charge on any atom is -0.368 e. The number of anilines is 1. The molecule has 0 saturated carbocycles. The number of benzene rings is 2. The number of nitrogens with zero attached hydrogens (tertiary/aromatic N) is 2. The molecule has 5 heteroatoms. The summed E-state index contributed by atoms with van der Waals surface area (Å²) in [7, 11) is 0. The lowest BCUT2D eigenvalue weighted by molar-refractivity contribution is 0.0745. The summed E-state index contributed by atoms with van der Waals surface area (Å²) in [5.74, 6) is -0.516. The van der Waals surface area contributed by atoms with Crippen LogP contribution in [-0.4, -0.2) is 37.0 Å². The van der Waals surface area contributed by atoms with E-state index in [2.05, 4.69) is 52.9 Å². The zero-order valence-electron chi connectivity index (χ0n) is 13.9. The highest BCUT2D eigenvalue weighted by Crippen LogP contribution is 2.25. The molecule has 0 aliphatic carbocycles. The zero-order valence-corrected chi connectivity index (χ0v) is 15.4. The molecule has 24 heavy (non-hydrogen) atoms. The summed E-state index contributed by atoms with van der Waals surface area (Å²) in [5, 5.41) is 0. The number of amides is 1. The second-order valence-corrected chi connectivity index (χ2v) is 6.98. The molecule has 0 spiro atoms. The average molecular weight is 391 g/mol. The molecular weight excluding hydrogens is 371 g/mol. The van der Waals surface area contributed by atoms with Gasteiger partial charge >= 0.3 is 0 Å². The van der Waals surface area contributed by atoms with Gasteiger partial charge in [0.05, 0.1) is 5.56 Å². The smallest absolute Gasteiger partial charge is 0.255 e. The van der Waals surface area contributed by atoms with Crippen LogP contribution < -0.4 is 4.90 Å². The number of rotatable bonds is 2. The standard InChI is InChI=1S/C19H20BrFN2O/c1-13-4-3-5-18(14(13)2)22-8-10-23(11-9-22)19(24)16-12-15(21)6-7-17(16)20/h3-7,12H,8-11H2,1-2H3. The predicted molar refractivity (Wildman–Crippen MR) is 98.1 cm³/mol. The summed E-state index contributed by atoms with van der Waals surface area (Å²) in [6.45, 7) is 7.07. The van der Waals surface area contributed by atoms with Crippen molar-refractivity contribution in [3.63, 3.8) is 0 Å². The van der Waals surface area contributed by atoms with Gasteiger partial charge in [0.1, 0.15) is 5.82 Å².